The summed E-state index contributed by atoms with van der Waals surface area (Å²) in [5, 5.41) is 2.88. The van der Waals surface area contributed by atoms with Gasteiger partial charge in [0.1, 0.15) is 0 Å². The van der Waals surface area contributed by atoms with Crippen LogP contribution in [0.4, 0.5) is 0 Å². The van der Waals surface area contributed by atoms with Crippen molar-refractivity contribution in [1.82, 2.24) is 0 Å². The summed E-state index contributed by atoms with van der Waals surface area (Å²) in [6.07, 6.45) is 13.2. The Morgan fingerprint density at radius 1 is 0.900 bits per heavy atom. The summed E-state index contributed by atoms with van der Waals surface area (Å²) in [6.45, 7) is 2.28. The molecule has 0 heteroatoms. The molecule has 0 aliphatic heterocycles. The number of allylic oxidation sites excluding steroid dienone is 2. The van der Waals surface area contributed by atoms with Crippen molar-refractivity contribution in [2.75, 3.05) is 0 Å². The minimum atomic E-state index is 1.19. The molecule has 0 unspecified atom stereocenters. The zero-order valence-electron chi connectivity index (χ0n) is 12.1. The highest BCUT2D eigenvalue weighted by molar-refractivity contribution is 6.00. The van der Waals surface area contributed by atoms with Gasteiger partial charge in [-0.15, -0.1) is 0 Å². The molecule has 0 fully saturated rings. The molecule has 100 valence electrons. The minimum Gasteiger partial charge on any atom is -0.0836 e. The van der Waals surface area contributed by atoms with Crippen LogP contribution in [0, 0.1) is 0 Å². The maximum Gasteiger partial charge on any atom is -0.0102 e. The molecule has 2 aliphatic carbocycles. The van der Waals surface area contributed by atoms with Crippen molar-refractivity contribution in [2.45, 2.75) is 39.0 Å². The second-order valence-corrected chi connectivity index (χ2v) is 5.93. The lowest BCUT2D eigenvalue weighted by Gasteiger charge is -2.25. The van der Waals surface area contributed by atoms with E-state index >= 15 is 0 Å². The highest BCUT2D eigenvalue weighted by Gasteiger charge is 2.20. The lowest BCUT2D eigenvalue weighted by Crippen LogP contribution is -2.08. The fourth-order valence-electron chi connectivity index (χ4n) is 3.80. The van der Waals surface area contributed by atoms with Crippen LogP contribution >= 0.6 is 0 Å². The molecule has 0 spiro atoms. The minimum absolute atomic E-state index is 1.19. The number of fused-ring (bicyclic) bond motifs is 6. The van der Waals surface area contributed by atoms with E-state index < -0.39 is 0 Å². The van der Waals surface area contributed by atoms with Crippen molar-refractivity contribution in [3.05, 3.63) is 58.2 Å². The van der Waals surface area contributed by atoms with Gasteiger partial charge in [-0.25, -0.2) is 0 Å². The Labute approximate surface area is 120 Å². The summed E-state index contributed by atoms with van der Waals surface area (Å²) in [7, 11) is 0. The van der Waals surface area contributed by atoms with Crippen LogP contribution < -0.4 is 0 Å². The van der Waals surface area contributed by atoms with Crippen LogP contribution in [-0.2, 0) is 12.8 Å². The van der Waals surface area contributed by atoms with Gasteiger partial charge in [0.25, 0.3) is 0 Å². The summed E-state index contributed by atoms with van der Waals surface area (Å²) in [5.41, 5.74) is 7.85. The maximum absolute atomic E-state index is 2.47. The first-order chi connectivity index (χ1) is 9.88. The van der Waals surface area contributed by atoms with Crippen LogP contribution in [-0.4, -0.2) is 0 Å². The molecule has 4 rings (SSSR count). The van der Waals surface area contributed by atoms with Crippen molar-refractivity contribution in [2.24, 2.45) is 0 Å². The van der Waals surface area contributed by atoms with Gasteiger partial charge in [-0.2, -0.15) is 0 Å². The Morgan fingerprint density at radius 2 is 1.65 bits per heavy atom. The Morgan fingerprint density at radius 3 is 2.45 bits per heavy atom. The van der Waals surface area contributed by atoms with E-state index in [0.717, 1.165) is 0 Å². The van der Waals surface area contributed by atoms with Gasteiger partial charge in [-0.3, -0.25) is 0 Å². The summed E-state index contributed by atoms with van der Waals surface area (Å²) in [5.74, 6) is 0. The number of hydrogen-bond acceptors (Lipinski definition) is 0. The maximum atomic E-state index is 2.47. The highest BCUT2D eigenvalue weighted by Crippen LogP contribution is 2.39. The Bertz CT molecular complexity index is 744. The van der Waals surface area contributed by atoms with Gasteiger partial charge in [0.05, 0.1) is 0 Å². The molecule has 0 saturated heterocycles. The summed E-state index contributed by atoms with van der Waals surface area (Å²) < 4.78 is 0. The van der Waals surface area contributed by atoms with Crippen molar-refractivity contribution in [1.29, 1.82) is 0 Å². The van der Waals surface area contributed by atoms with E-state index in [2.05, 4.69) is 49.4 Å². The molecular formula is C20H20. The van der Waals surface area contributed by atoms with E-state index in [9.17, 15) is 0 Å². The molecule has 2 aliphatic rings. The Kier molecular flexibility index (Phi) is 2.77. The first-order valence-corrected chi connectivity index (χ1v) is 7.81. The van der Waals surface area contributed by atoms with E-state index in [4.69, 9.17) is 0 Å². The number of rotatable bonds is 1. The molecule has 2 aromatic rings. The summed E-state index contributed by atoms with van der Waals surface area (Å²) in [4.78, 5) is 0. The first-order valence-electron chi connectivity index (χ1n) is 7.81. The molecule has 0 saturated carbocycles. The highest BCUT2D eigenvalue weighted by atomic mass is 14.2. The van der Waals surface area contributed by atoms with E-state index in [0.29, 0.717) is 0 Å². The lowest BCUT2D eigenvalue weighted by molar-refractivity contribution is 0.851. The Hall–Kier alpha value is -1.82. The van der Waals surface area contributed by atoms with E-state index in [-0.39, 0.29) is 0 Å². The van der Waals surface area contributed by atoms with Crippen LogP contribution in [0.3, 0.4) is 0 Å². The van der Waals surface area contributed by atoms with Crippen molar-refractivity contribution >= 4 is 22.9 Å². The van der Waals surface area contributed by atoms with Crippen LogP contribution in [0.2, 0.25) is 0 Å². The third kappa shape index (κ3) is 1.67. The number of benzene rings is 2. The molecule has 0 N–H and O–H groups in total. The zero-order valence-corrected chi connectivity index (χ0v) is 12.1. The van der Waals surface area contributed by atoms with E-state index in [1.54, 1.807) is 16.7 Å². The van der Waals surface area contributed by atoms with Gasteiger partial charge in [0, 0.05) is 0 Å². The quantitative estimate of drug-likeness (QED) is 0.631. The average Bonchev–Trinajstić information content (AvgIpc) is 2.54. The standard InChI is InChI=1S/C20H20/c1-2-14-11-12-19-17-9-4-3-7-15(17)16-8-5-6-10-18(16)20(19)13-14/h3,5-8,10,13H,2,4,9,11-12H2,1H3. The average molecular weight is 260 g/mol. The van der Waals surface area contributed by atoms with Crippen molar-refractivity contribution in [3.63, 3.8) is 0 Å². The summed E-state index contributed by atoms with van der Waals surface area (Å²) >= 11 is 0. The smallest absolute Gasteiger partial charge is 0.0102 e. The molecule has 0 amide bonds. The van der Waals surface area contributed by atoms with Gasteiger partial charge in [0.15, 0.2) is 0 Å². The third-order valence-corrected chi connectivity index (χ3v) is 4.87. The van der Waals surface area contributed by atoms with Crippen LogP contribution in [0.15, 0.2) is 35.9 Å². The van der Waals surface area contributed by atoms with Gasteiger partial charge in [0.2, 0.25) is 0 Å². The SMILES string of the molecule is CCC1=Cc2c(c3c(c4ccccc24)C=CCC3)CC1. The lowest BCUT2D eigenvalue weighted by atomic mass is 9.79. The molecule has 0 atom stereocenters. The fourth-order valence-corrected chi connectivity index (χ4v) is 3.80. The summed E-state index contributed by atoms with van der Waals surface area (Å²) in [6, 6.07) is 8.94. The van der Waals surface area contributed by atoms with Gasteiger partial charge in [-0.05, 0) is 65.1 Å². The van der Waals surface area contributed by atoms with Gasteiger partial charge >= 0.3 is 0 Å². The van der Waals surface area contributed by atoms with Crippen LogP contribution in [0.25, 0.3) is 22.9 Å². The molecule has 20 heavy (non-hydrogen) atoms. The third-order valence-electron chi connectivity index (χ3n) is 4.87. The second kappa shape index (κ2) is 4.63. The van der Waals surface area contributed by atoms with Crippen molar-refractivity contribution in [3.8, 4) is 0 Å². The predicted octanol–water partition coefficient (Wildman–Crippen LogP) is 5.54. The topological polar surface area (TPSA) is 0 Å². The normalized spacial score (nSPS) is 16.8. The van der Waals surface area contributed by atoms with E-state index in [1.165, 1.54) is 54.0 Å². The second-order valence-electron chi connectivity index (χ2n) is 5.93. The monoisotopic (exact) mass is 260 g/mol. The molecule has 0 radical (unpaired) electrons. The zero-order chi connectivity index (χ0) is 13.5. The first kappa shape index (κ1) is 12.0. The number of hydrogen-bond donors (Lipinski definition) is 0. The molecule has 0 heterocycles. The molecule has 0 bridgehead atoms. The fraction of sp³-hybridized carbons (Fsp3) is 0.300. The Balaban J connectivity index is 2.13. The molecular weight excluding hydrogens is 240 g/mol. The van der Waals surface area contributed by atoms with Gasteiger partial charge in [-0.1, -0.05) is 55.0 Å². The molecule has 0 nitrogen and oxygen atoms in total. The predicted molar refractivity (Wildman–Crippen MR) is 87.9 cm³/mol. The van der Waals surface area contributed by atoms with Crippen LogP contribution in [0.1, 0.15) is 48.4 Å². The van der Waals surface area contributed by atoms with Crippen molar-refractivity contribution < 1.29 is 0 Å². The van der Waals surface area contributed by atoms with E-state index in [1.807, 2.05) is 0 Å². The molecule has 2 aromatic carbocycles. The van der Waals surface area contributed by atoms with Gasteiger partial charge < -0.3 is 0 Å². The molecule has 0 aromatic heterocycles. The largest absolute Gasteiger partial charge is 0.0836 e. The van der Waals surface area contributed by atoms with Crippen LogP contribution in [0.5, 0.6) is 0 Å².